The van der Waals surface area contributed by atoms with Gasteiger partial charge in [0, 0.05) is 6.04 Å². The highest BCUT2D eigenvalue weighted by Gasteiger charge is 1.96. The highest BCUT2D eigenvalue weighted by atomic mass is 14.9. The van der Waals surface area contributed by atoms with E-state index >= 15 is 0 Å². The zero-order valence-corrected chi connectivity index (χ0v) is 7.30. The van der Waals surface area contributed by atoms with Crippen LogP contribution in [0.5, 0.6) is 0 Å². The lowest BCUT2D eigenvalue weighted by Crippen LogP contribution is -2.26. The molecule has 2 nitrogen and oxygen atoms in total. The first-order chi connectivity index (χ1) is 5.31. The van der Waals surface area contributed by atoms with Gasteiger partial charge in [-0.25, -0.2) is 0 Å². The van der Waals surface area contributed by atoms with Crippen molar-refractivity contribution in [2.75, 3.05) is 6.54 Å². The molecule has 0 saturated heterocycles. The smallest absolute Gasteiger partial charge is 0.0638 e. The van der Waals surface area contributed by atoms with Crippen molar-refractivity contribution in [3.05, 3.63) is 12.2 Å². The molecule has 0 aromatic heterocycles. The number of nitriles is 1. The summed E-state index contributed by atoms with van der Waals surface area (Å²) in [5, 5.41) is 11.6. The summed E-state index contributed by atoms with van der Waals surface area (Å²) in [7, 11) is 0. The van der Waals surface area contributed by atoms with Crippen molar-refractivity contribution in [1.29, 1.82) is 5.26 Å². The summed E-state index contributed by atoms with van der Waals surface area (Å²) in [5.74, 6) is 0. The van der Waals surface area contributed by atoms with E-state index in [9.17, 15) is 0 Å². The largest absolute Gasteiger partial charge is 0.313 e. The summed E-state index contributed by atoms with van der Waals surface area (Å²) in [6.45, 7) is 5.00. The minimum atomic E-state index is 0.324. The number of nitrogens with one attached hydrogen (secondary N) is 1. The number of hydrogen-bond acceptors (Lipinski definition) is 2. The van der Waals surface area contributed by atoms with Crippen molar-refractivity contribution in [2.45, 2.75) is 32.7 Å². The van der Waals surface area contributed by atoms with E-state index in [1.807, 2.05) is 19.9 Å². The monoisotopic (exact) mass is 152 g/mol. The molecule has 1 atom stereocenters. The summed E-state index contributed by atoms with van der Waals surface area (Å²) in [6, 6.07) is 2.45. The van der Waals surface area contributed by atoms with Crippen molar-refractivity contribution in [3.8, 4) is 6.07 Å². The summed E-state index contributed by atoms with van der Waals surface area (Å²) in [5.41, 5.74) is 0. The Hall–Kier alpha value is -0.810. The van der Waals surface area contributed by atoms with Crippen LogP contribution in [0.4, 0.5) is 0 Å². The highest BCUT2D eigenvalue weighted by Crippen LogP contribution is 1.88. The summed E-state index contributed by atoms with van der Waals surface area (Å²) in [4.78, 5) is 0. The summed E-state index contributed by atoms with van der Waals surface area (Å²) < 4.78 is 0. The van der Waals surface area contributed by atoms with Crippen LogP contribution in [-0.4, -0.2) is 12.6 Å². The van der Waals surface area contributed by atoms with Crippen molar-refractivity contribution in [3.63, 3.8) is 0 Å². The summed E-state index contributed by atoms with van der Waals surface area (Å²) in [6.07, 6.45) is 5.80. The fourth-order valence-corrected chi connectivity index (χ4v) is 0.789. The molecule has 0 aromatic carbocycles. The Bertz CT molecular complexity index is 144. The molecule has 0 spiro atoms. The van der Waals surface area contributed by atoms with Crippen LogP contribution in [0.15, 0.2) is 12.2 Å². The van der Waals surface area contributed by atoms with Crippen LogP contribution >= 0.6 is 0 Å². The average molecular weight is 152 g/mol. The van der Waals surface area contributed by atoms with Gasteiger partial charge in [0.05, 0.1) is 12.5 Å². The van der Waals surface area contributed by atoms with Gasteiger partial charge in [0.25, 0.3) is 0 Å². The van der Waals surface area contributed by atoms with Gasteiger partial charge >= 0.3 is 0 Å². The lowest BCUT2D eigenvalue weighted by molar-refractivity contribution is 0.563. The first-order valence-corrected chi connectivity index (χ1v) is 4.02. The fraction of sp³-hybridized carbons (Fsp3) is 0.667. The molecule has 0 radical (unpaired) electrons. The van der Waals surface area contributed by atoms with Crippen LogP contribution in [-0.2, 0) is 0 Å². The van der Waals surface area contributed by atoms with Crippen molar-refractivity contribution < 1.29 is 0 Å². The maximum Gasteiger partial charge on any atom is 0.0638 e. The van der Waals surface area contributed by atoms with Crippen LogP contribution in [0.3, 0.4) is 0 Å². The van der Waals surface area contributed by atoms with E-state index in [-0.39, 0.29) is 0 Å². The Balaban J connectivity index is 3.18. The van der Waals surface area contributed by atoms with E-state index in [2.05, 4.69) is 17.5 Å². The van der Waals surface area contributed by atoms with Crippen molar-refractivity contribution in [1.82, 2.24) is 5.32 Å². The molecular formula is C9H16N2. The maximum absolute atomic E-state index is 8.34. The van der Waals surface area contributed by atoms with Crippen LogP contribution < -0.4 is 5.32 Å². The van der Waals surface area contributed by atoms with Crippen LogP contribution in [0.1, 0.15) is 26.7 Å². The van der Waals surface area contributed by atoms with E-state index < -0.39 is 0 Å². The Morgan fingerprint density at radius 2 is 2.36 bits per heavy atom. The maximum atomic E-state index is 8.34. The predicted octanol–water partition coefficient (Wildman–Crippen LogP) is 1.84. The predicted molar refractivity (Wildman–Crippen MR) is 47.1 cm³/mol. The van der Waals surface area contributed by atoms with Gasteiger partial charge in [-0.05, 0) is 26.8 Å². The van der Waals surface area contributed by atoms with Gasteiger partial charge in [0.1, 0.15) is 0 Å². The van der Waals surface area contributed by atoms with E-state index in [1.165, 1.54) is 0 Å². The van der Waals surface area contributed by atoms with Gasteiger partial charge in [-0.3, -0.25) is 0 Å². The van der Waals surface area contributed by atoms with E-state index in [0.29, 0.717) is 12.5 Å². The Morgan fingerprint density at radius 3 is 2.91 bits per heavy atom. The van der Waals surface area contributed by atoms with Crippen molar-refractivity contribution in [2.24, 2.45) is 0 Å². The first-order valence-electron chi connectivity index (χ1n) is 4.02. The third-order valence-electron chi connectivity index (χ3n) is 1.44. The van der Waals surface area contributed by atoms with E-state index in [1.54, 1.807) is 0 Å². The van der Waals surface area contributed by atoms with Crippen molar-refractivity contribution >= 4 is 0 Å². The standard InChI is InChI=1S/C9H16N2/c1-3-4-5-8-11-9(2)6-7-10/h3-4,9,11H,5-6,8H2,1-2H3/b4-3+. The van der Waals surface area contributed by atoms with Crippen LogP contribution in [0.2, 0.25) is 0 Å². The number of nitrogens with zero attached hydrogens (tertiary/aromatic N) is 1. The zero-order valence-electron chi connectivity index (χ0n) is 7.30. The molecule has 0 aliphatic heterocycles. The molecule has 0 aliphatic carbocycles. The van der Waals surface area contributed by atoms with E-state index in [4.69, 9.17) is 5.26 Å². The SMILES string of the molecule is C/C=C/CCNC(C)CC#N. The normalized spacial score (nSPS) is 13.2. The van der Waals surface area contributed by atoms with Gasteiger partial charge in [0.2, 0.25) is 0 Å². The van der Waals surface area contributed by atoms with E-state index in [0.717, 1.165) is 13.0 Å². The molecule has 0 aliphatic rings. The Morgan fingerprint density at radius 1 is 1.64 bits per heavy atom. The highest BCUT2D eigenvalue weighted by molar-refractivity contribution is 4.80. The molecule has 0 heterocycles. The second-order valence-corrected chi connectivity index (χ2v) is 2.58. The van der Waals surface area contributed by atoms with Crippen LogP contribution in [0, 0.1) is 11.3 Å². The zero-order chi connectivity index (χ0) is 8.53. The van der Waals surface area contributed by atoms with Crippen LogP contribution in [0.25, 0.3) is 0 Å². The van der Waals surface area contributed by atoms with Gasteiger partial charge in [-0.15, -0.1) is 0 Å². The molecule has 0 aromatic rings. The molecule has 0 fully saturated rings. The number of allylic oxidation sites excluding steroid dienone is 1. The summed E-state index contributed by atoms with van der Waals surface area (Å²) >= 11 is 0. The average Bonchev–Trinajstić information content (AvgIpc) is 1.99. The molecule has 0 rings (SSSR count). The molecule has 0 bridgehead atoms. The minimum absolute atomic E-state index is 0.324. The molecule has 0 saturated carbocycles. The van der Waals surface area contributed by atoms with Gasteiger partial charge in [-0.1, -0.05) is 12.2 Å². The lowest BCUT2D eigenvalue weighted by atomic mass is 10.2. The third kappa shape index (κ3) is 7.08. The second-order valence-electron chi connectivity index (χ2n) is 2.58. The van der Waals surface area contributed by atoms with Gasteiger partial charge in [-0.2, -0.15) is 5.26 Å². The van der Waals surface area contributed by atoms with Gasteiger partial charge < -0.3 is 5.32 Å². The third-order valence-corrected chi connectivity index (χ3v) is 1.44. The number of rotatable bonds is 5. The molecule has 0 amide bonds. The van der Waals surface area contributed by atoms with Gasteiger partial charge in [0.15, 0.2) is 0 Å². The molecular weight excluding hydrogens is 136 g/mol. The minimum Gasteiger partial charge on any atom is -0.313 e. The lowest BCUT2D eigenvalue weighted by Gasteiger charge is -2.07. The topological polar surface area (TPSA) is 35.8 Å². The molecule has 1 N–H and O–H groups in total. The fourth-order valence-electron chi connectivity index (χ4n) is 0.789. The second kappa shape index (κ2) is 7.30. The number of hydrogen-bond donors (Lipinski definition) is 1. The molecule has 11 heavy (non-hydrogen) atoms. The first kappa shape index (κ1) is 10.2. The quantitative estimate of drug-likeness (QED) is 0.482. The Labute approximate surface area is 68.9 Å². The molecule has 2 heteroatoms. The molecule has 1 unspecified atom stereocenters. The Kier molecular flexibility index (Phi) is 6.76. The molecule has 62 valence electrons.